The molecule has 0 aliphatic carbocycles. The van der Waals surface area contributed by atoms with Crippen LogP contribution in [0, 0.1) is 5.92 Å². The van der Waals surface area contributed by atoms with Crippen LogP contribution in [-0.4, -0.2) is 37.0 Å². The Bertz CT molecular complexity index is 254. The summed E-state index contributed by atoms with van der Waals surface area (Å²) < 4.78 is 0. The second-order valence-electron chi connectivity index (χ2n) is 4.29. The topological polar surface area (TPSA) is 32.3 Å². The Morgan fingerprint density at radius 3 is 3.14 bits per heavy atom. The second-order valence-corrected chi connectivity index (χ2v) is 4.29. The molecule has 0 aromatic carbocycles. The van der Waals surface area contributed by atoms with E-state index in [1.165, 1.54) is 5.57 Å². The monoisotopic (exact) mass is 194 g/mol. The molecule has 0 spiro atoms. The van der Waals surface area contributed by atoms with Gasteiger partial charge in [-0.05, 0) is 26.3 Å². The molecule has 3 heteroatoms. The Kier molecular flexibility index (Phi) is 2.87. The molecule has 2 aliphatic heterocycles. The highest BCUT2D eigenvalue weighted by Crippen LogP contribution is 2.16. The third kappa shape index (κ3) is 1.98. The molecule has 1 fully saturated rings. The summed E-state index contributed by atoms with van der Waals surface area (Å²) in [7, 11) is 0. The third-order valence-corrected chi connectivity index (χ3v) is 3.05. The number of rotatable bonds is 1. The predicted octanol–water partition coefficient (Wildman–Crippen LogP) is 0.774. The van der Waals surface area contributed by atoms with Gasteiger partial charge in [0.2, 0.25) is 5.91 Å². The van der Waals surface area contributed by atoms with Crippen LogP contribution in [0.2, 0.25) is 0 Å². The minimum atomic E-state index is 0.237. The molecule has 1 saturated heterocycles. The molecule has 2 rings (SSSR count). The Hall–Kier alpha value is -0.830. The van der Waals surface area contributed by atoms with Crippen LogP contribution >= 0.6 is 0 Å². The number of hydrogen-bond acceptors (Lipinski definition) is 2. The standard InChI is InChI=1S/C11H18N2O/c1-9-3-2-6-13(8-9)11(14)10-4-5-12-7-10/h3,10,12H,2,4-8H2,1H3. The molecule has 1 N–H and O–H groups in total. The van der Waals surface area contributed by atoms with E-state index in [0.29, 0.717) is 5.91 Å². The first-order valence-electron chi connectivity index (χ1n) is 5.42. The molecule has 2 aliphatic rings. The Labute approximate surface area is 85.2 Å². The van der Waals surface area contributed by atoms with Crippen LogP contribution in [-0.2, 0) is 4.79 Å². The summed E-state index contributed by atoms with van der Waals surface area (Å²) in [6.07, 6.45) is 4.27. The van der Waals surface area contributed by atoms with Crippen molar-refractivity contribution in [2.24, 2.45) is 5.92 Å². The van der Waals surface area contributed by atoms with Crippen molar-refractivity contribution < 1.29 is 4.79 Å². The Morgan fingerprint density at radius 1 is 1.64 bits per heavy atom. The first kappa shape index (κ1) is 9.71. The highest BCUT2D eigenvalue weighted by Gasteiger charge is 2.27. The molecule has 1 unspecified atom stereocenters. The van der Waals surface area contributed by atoms with Gasteiger partial charge in [0.1, 0.15) is 0 Å². The lowest BCUT2D eigenvalue weighted by Gasteiger charge is -2.28. The van der Waals surface area contributed by atoms with Crippen molar-refractivity contribution in [3.8, 4) is 0 Å². The van der Waals surface area contributed by atoms with Crippen molar-refractivity contribution in [3.05, 3.63) is 11.6 Å². The smallest absolute Gasteiger partial charge is 0.227 e. The van der Waals surface area contributed by atoms with Gasteiger partial charge < -0.3 is 10.2 Å². The highest BCUT2D eigenvalue weighted by molar-refractivity contribution is 5.79. The van der Waals surface area contributed by atoms with Gasteiger partial charge in [-0.2, -0.15) is 0 Å². The van der Waals surface area contributed by atoms with Gasteiger partial charge in [-0.15, -0.1) is 0 Å². The normalized spacial score (nSPS) is 27.6. The van der Waals surface area contributed by atoms with E-state index in [0.717, 1.165) is 39.0 Å². The largest absolute Gasteiger partial charge is 0.338 e. The van der Waals surface area contributed by atoms with E-state index in [4.69, 9.17) is 0 Å². The number of carbonyl (C=O) groups is 1. The SMILES string of the molecule is CC1=CCCN(C(=O)C2CCNC2)C1. The van der Waals surface area contributed by atoms with Gasteiger partial charge in [0.15, 0.2) is 0 Å². The van der Waals surface area contributed by atoms with Crippen LogP contribution < -0.4 is 5.32 Å². The van der Waals surface area contributed by atoms with E-state index in [1.807, 2.05) is 4.90 Å². The summed E-state index contributed by atoms with van der Waals surface area (Å²) in [5, 5.41) is 3.24. The van der Waals surface area contributed by atoms with Gasteiger partial charge in [0.25, 0.3) is 0 Å². The second kappa shape index (κ2) is 4.13. The molecule has 0 aromatic rings. The lowest BCUT2D eigenvalue weighted by Crippen LogP contribution is -2.40. The average Bonchev–Trinajstić information content (AvgIpc) is 2.69. The predicted molar refractivity (Wildman–Crippen MR) is 55.9 cm³/mol. The minimum Gasteiger partial charge on any atom is -0.338 e. The van der Waals surface area contributed by atoms with Crippen LogP contribution in [0.15, 0.2) is 11.6 Å². The zero-order chi connectivity index (χ0) is 9.97. The number of carbonyl (C=O) groups excluding carboxylic acids is 1. The van der Waals surface area contributed by atoms with Crippen molar-refractivity contribution in [2.75, 3.05) is 26.2 Å². The lowest BCUT2D eigenvalue weighted by molar-refractivity contribution is -0.134. The molecule has 3 nitrogen and oxygen atoms in total. The van der Waals surface area contributed by atoms with E-state index >= 15 is 0 Å². The van der Waals surface area contributed by atoms with Gasteiger partial charge in [0, 0.05) is 19.6 Å². The first-order valence-corrected chi connectivity index (χ1v) is 5.42. The number of nitrogens with zero attached hydrogens (tertiary/aromatic N) is 1. The molecule has 2 heterocycles. The molecule has 0 bridgehead atoms. The van der Waals surface area contributed by atoms with Crippen molar-refractivity contribution in [3.63, 3.8) is 0 Å². The third-order valence-electron chi connectivity index (χ3n) is 3.05. The van der Waals surface area contributed by atoms with Gasteiger partial charge in [-0.3, -0.25) is 4.79 Å². The van der Waals surface area contributed by atoms with Gasteiger partial charge in [-0.1, -0.05) is 11.6 Å². The summed E-state index contributed by atoms with van der Waals surface area (Å²) in [5.74, 6) is 0.586. The zero-order valence-electron chi connectivity index (χ0n) is 8.75. The average molecular weight is 194 g/mol. The molecule has 1 atom stereocenters. The Morgan fingerprint density at radius 2 is 2.50 bits per heavy atom. The van der Waals surface area contributed by atoms with E-state index in [9.17, 15) is 4.79 Å². The maximum absolute atomic E-state index is 12.0. The van der Waals surface area contributed by atoms with Crippen molar-refractivity contribution >= 4 is 5.91 Å². The fourth-order valence-electron chi connectivity index (χ4n) is 2.22. The maximum Gasteiger partial charge on any atom is 0.227 e. The van der Waals surface area contributed by atoms with E-state index in [2.05, 4.69) is 18.3 Å². The number of nitrogens with one attached hydrogen (secondary N) is 1. The van der Waals surface area contributed by atoms with Crippen LogP contribution in [0.1, 0.15) is 19.8 Å². The zero-order valence-corrected chi connectivity index (χ0v) is 8.75. The van der Waals surface area contributed by atoms with E-state index in [-0.39, 0.29) is 5.92 Å². The fraction of sp³-hybridized carbons (Fsp3) is 0.727. The van der Waals surface area contributed by atoms with Crippen LogP contribution in [0.5, 0.6) is 0 Å². The molecular formula is C11H18N2O. The summed E-state index contributed by atoms with van der Waals surface area (Å²) in [4.78, 5) is 14.0. The van der Waals surface area contributed by atoms with E-state index in [1.54, 1.807) is 0 Å². The van der Waals surface area contributed by atoms with Crippen molar-refractivity contribution in [1.29, 1.82) is 0 Å². The van der Waals surface area contributed by atoms with Crippen LogP contribution in [0.25, 0.3) is 0 Å². The van der Waals surface area contributed by atoms with Gasteiger partial charge in [0.05, 0.1) is 5.92 Å². The van der Waals surface area contributed by atoms with Crippen molar-refractivity contribution in [2.45, 2.75) is 19.8 Å². The number of amides is 1. The van der Waals surface area contributed by atoms with Crippen LogP contribution in [0.4, 0.5) is 0 Å². The molecule has 0 radical (unpaired) electrons. The highest BCUT2D eigenvalue weighted by atomic mass is 16.2. The summed E-state index contributed by atoms with van der Waals surface area (Å²) in [6.45, 7) is 5.73. The van der Waals surface area contributed by atoms with Crippen LogP contribution in [0.3, 0.4) is 0 Å². The summed E-state index contributed by atoms with van der Waals surface area (Å²) in [6, 6.07) is 0. The Balaban J connectivity index is 1.94. The first-order chi connectivity index (χ1) is 6.77. The maximum atomic E-state index is 12.0. The molecule has 14 heavy (non-hydrogen) atoms. The quantitative estimate of drug-likeness (QED) is 0.625. The van der Waals surface area contributed by atoms with E-state index < -0.39 is 0 Å². The lowest BCUT2D eigenvalue weighted by atomic mass is 10.0. The molecule has 0 saturated carbocycles. The number of hydrogen-bond donors (Lipinski definition) is 1. The fourth-order valence-corrected chi connectivity index (χ4v) is 2.22. The summed E-state index contributed by atoms with van der Waals surface area (Å²) in [5.41, 5.74) is 1.33. The molecular weight excluding hydrogens is 176 g/mol. The summed E-state index contributed by atoms with van der Waals surface area (Å²) >= 11 is 0. The van der Waals surface area contributed by atoms with Gasteiger partial charge in [-0.25, -0.2) is 0 Å². The van der Waals surface area contributed by atoms with Gasteiger partial charge >= 0.3 is 0 Å². The molecule has 1 amide bonds. The molecule has 0 aromatic heterocycles. The van der Waals surface area contributed by atoms with Crippen molar-refractivity contribution in [1.82, 2.24) is 10.2 Å². The molecule has 78 valence electrons. The minimum absolute atomic E-state index is 0.237.